The molecular weight excluding hydrogens is 200 g/mol. The van der Waals surface area contributed by atoms with E-state index in [1.807, 2.05) is 6.08 Å². The molecule has 0 aromatic heterocycles. The number of carbonyl (C=O) groups excluding carboxylic acids is 1. The number of carbonyl (C=O) groups is 1. The van der Waals surface area contributed by atoms with Crippen molar-refractivity contribution in [2.45, 2.75) is 46.5 Å². The Hall–Kier alpha value is -0.830. The van der Waals surface area contributed by atoms with Crippen molar-refractivity contribution in [1.29, 1.82) is 0 Å². The Bertz CT molecular complexity index is 220. The van der Waals surface area contributed by atoms with Gasteiger partial charge in [0, 0.05) is 5.57 Å². The summed E-state index contributed by atoms with van der Waals surface area (Å²) in [5.41, 5.74) is 5.82. The number of unbranched alkanes of at least 4 members (excludes halogenated alkanes) is 3. The molecule has 0 aromatic rings. The molecule has 0 heterocycles. The lowest BCUT2D eigenvalue weighted by Crippen LogP contribution is -2.23. The third-order valence-electron chi connectivity index (χ3n) is 2.91. The van der Waals surface area contributed by atoms with Gasteiger partial charge in [0.1, 0.15) is 0 Å². The second-order valence-corrected chi connectivity index (χ2v) is 4.13. The number of allylic oxidation sites excluding steroid dienone is 1. The average Bonchev–Trinajstić information content (AvgIpc) is 2.27. The molecule has 0 aliphatic carbocycles. The Morgan fingerprint density at radius 3 is 2.31 bits per heavy atom. The number of hydrogen-bond acceptors (Lipinski definition) is 2. The van der Waals surface area contributed by atoms with Crippen molar-refractivity contribution < 1.29 is 4.79 Å². The van der Waals surface area contributed by atoms with E-state index in [-0.39, 0.29) is 5.91 Å². The predicted molar refractivity (Wildman–Crippen MR) is 69.2 cm³/mol. The van der Waals surface area contributed by atoms with E-state index in [4.69, 9.17) is 5.73 Å². The molecule has 0 aliphatic heterocycles. The minimum atomic E-state index is -0.303. The van der Waals surface area contributed by atoms with Crippen LogP contribution < -0.4 is 5.73 Å². The van der Waals surface area contributed by atoms with E-state index in [0.29, 0.717) is 5.57 Å². The highest BCUT2D eigenvalue weighted by molar-refractivity contribution is 5.91. The molecule has 3 nitrogen and oxygen atoms in total. The smallest absolute Gasteiger partial charge is 0.244 e. The van der Waals surface area contributed by atoms with Gasteiger partial charge in [-0.3, -0.25) is 4.79 Å². The molecule has 0 radical (unpaired) electrons. The summed E-state index contributed by atoms with van der Waals surface area (Å²) < 4.78 is 0. The Morgan fingerprint density at radius 2 is 1.81 bits per heavy atom. The van der Waals surface area contributed by atoms with E-state index >= 15 is 0 Å². The fraction of sp³-hybridized carbons (Fsp3) is 0.769. The summed E-state index contributed by atoms with van der Waals surface area (Å²) in [5.74, 6) is -0.303. The van der Waals surface area contributed by atoms with E-state index in [1.165, 1.54) is 19.4 Å². The molecule has 0 unspecified atom stereocenters. The van der Waals surface area contributed by atoms with Crippen LogP contribution in [0.5, 0.6) is 0 Å². The minimum Gasteiger partial charge on any atom is -0.366 e. The summed E-state index contributed by atoms with van der Waals surface area (Å²) in [4.78, 5) is 13.2. The lowest BCUT2D eigenvalue weighted by molar-refractivity contribution is -0.114. The molecule has 0 bridgehead atoms. The topological polar surface area (TPSA) is 46.3 Å². The van der Waals surface area contributed by atoms with Crippen molar-refractivity contribution in [3.05, 3.63) is 11.6 Å². The number of amides is 1. The second-order valence-electron chi connectivity index (χ2n) is 4.13. The first-order valence-corrected chi connectivity index (χ1v) is 6.30. The van der Waals surface area contributed by atoms with Crippen LogP contribution in [-0.4, -0.2) is 30.4 Å². The highest BCUT2D eigenvalue weighted by atomic mass is 16.1. The summed E-state index contributed by atoms with van der Waals surface area (Å²) >= 11 is 0. The molecule has 0 spiro atoms. The number of rotatable bonds is 9. The van der Waals surface area contributed by atoms with Gasteiger partial charge >= 0.3 is 0 Å². The number of nitrogens with zero attached hydrogens (tertiary/aromatic N) is 1. The highest BCUT2D eigenvalue weighted by Gasteiger charge is 1.98. The van der Waals surface area contributed by atoms with Crippen molar-refractivity contribution in [2.24, 2.45) is 5.73 Å². The first kappa shape index (κ1) is 15.2. The molecule has 0 saturated carbocycles. The van der Waals surface area contributed by atoms with Gasteiger partial charge in [-0.1, -0.05) is 26.3 Å². The van der Waals surface area contributed by atoms with E-state index in [1.54, 1.807) is 6.92 Å². The third kappa shape index (κ3) is 7.46. The first-order valence-electron chi connectivity index (χ1n) is 6.30. The van der Waals surface area contributed by atoms with Crippen LogP contribution in [0.4, 0.5) is 0 Å². The summed E-state index contributed by atoms with van der Waals surface area (Å²) in [6.45, 7) is 9.63. The minimum absolute atomic E-state index is 0.303. The number of hydrogen-bond donors (Lipinski definition) is 1. The van der Waals surface area contributed by atoms with Crippen molar-refractivity contribution in [2.75, 3.05) is 19.6 Å². The van der Waals surface area contributed by atoms with E-state index in [2.05, 4.69) is 18.7 Å². The van der Waals surface area contributed by atoms with Crippen LogP contribution in [0.15, 0.2) is 11.6 Å². The summed E-state index contributed by atoms with van der Waals surface area (Å²) in [6.07, 6.45) is 6.52. The van der Waals surface area contributed by atoms with Crippen LogP contribution >= 0.6 is 0 Å². The molecule has 0 atom stereocenters. The van der Waals surface area contributed by atoms with Crippen molar-refractivity contribution >= 4 is 5.91 Å². The highest BCUT2D eigenvalue weighted by Crippen LogP contribution is 2.04. The summed E-state index contributed by atoms with van der Waals surface area (Å²) in [7, 11) is 0. The maximum absolute atomic E-state index is 10.7. The lowest BCUT2D eigenvalue weighted by atomic mass is 10.1. The van der Waals surface area contributed by atoms with Gasteiger partial charge in [0.2, 0.25) is 5.91 Å². The molecule has 0 saturated heterocycles. The zero-order valence-electron chi connectivity index (χ0n) is 11.0. The van der Waals surface area contributed by atoms with Gasteiger partial charge in [-0.05, 0) is 45.8 Å². The van der Waals surface area contributed by atoms with Gasteiger partial charge in [-0.2, -0.15) is 0 Å². The average molecular weight is 226 g/mol. The van der Waals surface area contributed by atoms with Crippen molar-refractivity contribution in [3.63, 3.8) is 0 Å². The zero-order chi connectivity index (χ0) is 12.4. The second kappa shape index (κ2) is 9.40. The quantitative estimate of drug-likeness (QED) is 0.484. The first-order chi connectivity index (χ1) is 7.61. The Labute approximate surface area is 99.7 Å². The molecule has 16 heavy (non-hydrogen) atoms. The Morgan fingerprint density at radius 1 is 1.19 bits per heavy atom. The van der Waals surface area contributed by atoms with Crippen LogP contribution in [-0.2, 0) is 4.79 Å². The Balaban J connectivity index is 3.47. The van der Waals surface area contributed by atoms with Crippen LogP contribution in [0.3, 0.4) is 0 Å². The van der Waals surface area contributed by atoms with Crippen LogP contribution in [0.25, 0.3) is 0 Å². The van der Waals surface area contributed by atoms with Gasteiger partial charge in [0.25, 0.3) is 0 Å². The molecule has 1 amide bonds. The number of nitrogens with two attached hydrogens (primary N) is 1. The monoisotopic (exact) mass is 226 g/mol. The maximum atomic E-state index is 10.7. The predicted octanol–water partition coefficient (Wildman–Crippen LogP) is 2.32. The van der Waals surface area contributed by atoms with Crippen LogP contribution in [0.1, 0.15) is 46.5 Å². The van der Waals surface area contributed by atoms with Gasteiger partial charge in [-0.15, -0.1) is 0 Å². The zero-order valence-corrected chi connectivity index (χ0v) is 11.0. The van der Waals surface area contributed by atoms with Crippen LogP contribution in [0, 0.1) is 0 Å². The largest absolute Gasteiger partial charge is 0.366 e. The molecule has 94 valence electrons. The van der Waals surface area contributed by atoms with Crippen LogP contribution in [0.2, 0.25) is 0 Å². The molecule has 0 rings (SSSR count). The SMILES string of the molecule is CCN(CC)CCCCCC=C(C)C(N)=O. The van der Waals surface area contributed by atoms with Gasteiger partial charge in [-0.25, -0.2) is 0 Å². The third-order valence-corrected chi connectivity index (χ3v) is 2.91. The standard InChI is InChI=1S/C13H26N2O/c1-4-15(5-2)11-9-7-6-8-10-12(3)13(14)16/h10H,4-9,11H2,1-3H3,(H2,14,16). The molecule has 0 aliphatic rings. The van der Waals surface area contributed by atoms with Gasteiger partial charge < -0.3 is 10.6 Å². The molecule has 3 heteroatoms. The normalized spacial score (nSPS) is 12.1. The Kier molecular flexibility index (Phi) is 8.91. The van der Waals surface area contributed by atoms with E-state index < -0.39 is 0 Å². The van der Waals surface area contributed by atoms with E-state index in [9.17, 15) is 4.79 Å². The molecule has 2 N–H and O–H groups in total. The van der Waals surface area contributed by atoms with E-state index in [0.717, 1.165) is 25.9 Å². The summed E-state index contributed by atoms with van der Waals surface area (Å²) in [5, 5.41) is 0. The molecule has 0 aromatic carbocycles. The maximum Gasteiger partial charge on any atom is 0.244 e. The fourth-order valence-corrected chi connectivity index (χ4v) is 1.62. The van der Waals surface area contributed by atoms with Gasteiger partial charge in [0.05, 0.1) is 0 Å². The van der Waals surface area contributed by atoms with Gasteiger partial charge in [0.15, 0.2) is 0 Å². The fourth-order valence-electron chi connectivity index (χ4n) is 1.62. The molecular formula is C13H26N2O. The van der Waals surface area contributed by atoms with Crippen molar-refractivity contribution in [3.8, 4) is 0 Å². The summed E-state index contributed by atoms with van der Waals surface area (Å²) in [6, 6.07) is 0. The number of primary amides is 1. The molecule has 0 fully saturated rings. The van der Waals surface area contributed by atoms with Crippen molar-refractivity contribution in [1.82, 2.24) is 4.90 Å². The lowest BCUT2D eigenvalue weighted by Gasteiger charge is -2.17.